The molecule has 1 aliphatic rings. The number of rotatable bonds is 1. The zero-order valence-corrected chi connectivity index (χ0v) is 11.3. The molecule has 1 saturated heterocycles. The average molecular weight is 278 g/mol. The largest absolute Gasteiger partial charge is 0.363 e. The molecule has 1 heterocycles. The van der Waals surface area contributed by atoms with E-state index in [-0.39, 0.29) is 21.7 Å². The van der Waals surface area contributed by atoms with Crippen molar-refractivity contribution in [1.82, 2.24) is 0 Å². The first-order chi connectivity index (χ1) is 6.00. The monoisotopic (exact) mass is 278 g/mol. The fourth-order valence-corrected chi connectivity index (χ4v) is 1.30. The minimum atomic E-state index is -3.08. The average Bonchev–Trinajstić information content (AvgIpc) is 2.32. The number of alkyl halides is 2. The molecule has 0 amide bonds. The fourth-order valence-electron chi connectivity index (χ4n) is 1.30. The van der Waals surface area contributed by atoms with E-state index in [1.54, 1.807) is 6.92 Å². The Morgan fingerprint density at radius 1 is 1.50 bits per heavy atom. The van der Waals surface area contributed by atoms with Gasteiger partial charge in [-0.25, -0.2) is 8.78 Å². The predicted molar refractivity (Wildman–Crippen MR) is 51.0 cm³/mol. The molecule has 0 spiro atoms. The van der Waals surface area contributed by atoms with E-state index in [1.165, 1.54) is 6.92 Å². The molecule has 0 aromatic heterocycles. The van der Waals surface area contributed by atoms with Crippen molar-refractivity contribution in [2.24, 2.45) is 5.92 Å². The molecule has 1 aliphatic heterocycles. The Labute approximate surface area is 105 Å². The van der Waals surface area contributed by atoms with Crippen LogP contribution in [0.5, 0.6) is 0 Å². The summed E-state index contributed by atoms with van der Waals surface area (Å²) in [6.45, 7) is 3.15. The number of aliphatic hydroxyl groups is 1. The zero-order chi connectivity index (χ0) is 10.6. The predicted octanol–water partition coefficient (Wildman–Crippen LogP) is 1.97. The number of hydrogen-bond donors (Lipinski definition) is 1. The second-order valence-corrected chi connectivity index (χ2v) is 2.90. The molecule has 2 nitrogen and oxygen atoms in total. The van der Waals surface area contributed by atoms with Crippen molar-refractivity contribution in [2.75, 3.05) is 0 Å². The van der Waals surface area contributed by atoms with Gasteiger partial charge in [0.25, 0.3) is 0 Å². The van der Waals surface area contributed by atoms with Gasteiger partial charge < -0.3 is 9.84 Å². The van der Waals surface area contributed by atoms with Crippen molar-refractivity contribution in [3.8, 4) is 0 Å². The second-order valence-electron chi connectivity index (χ2n) is 2.90. The third kappa shape index (κ3) is 3.55. The molecule has 1 rings (SSSR count). The summed E-state index contributed by atoms with van der Waals surface area (Å²) >= 11 is 3.89. The van der Waals surface area contributed by atoms with Crippen LogP contribution >= 0.6 is 8.02 Å². The molecule has 0 bridgehead atoms. The quantitative estimate of drug-likeness (QED) is 0.587. The van der Waals surface area contributed by atoms with Crippen LogP contribution in [0.25, 0.3) is 0 Å². The number of ether oxygens (including phenoxy) is 1. The van der Waals surface area contributed by atoms with Crippen LogP contribution in [0.3, 0.4) is 0 Å². The van der Waals surface area contributed by atoms with Crippen LogP contribution in [0.1, 0.15) is 20.3 Å². The van der Waals surface area contributed by atoms with E-state index in [0.29, 0.717) is 6.42 Å². The van der Waals surface area contributed by atoms with Gasteiger partial charge in [0.05, 0.1) is 12.0 Å². The van der Waals surface area contributed by atoms with Crippen molar-refractivity contribution in [3.05, 3.63) is 0 Å². The Kier molecular flexibility index (Phi) is 9.10. The summed E-state index contributed by atoms with van der Waals surface area (Å²) in [5.74, 6) is -3.97. The molecular weight excluding hydrogens is 265 g/mol. The SMILES string of the molecule is CC[C@H]1OC(O)C(F)(F)[C@@H]1C.P=S.[Ti]. The van der Waals surface area contributed by atoms with Crippen LogP contribution in [-0.4, -0.2) is 23.4 Å². The first-order valence-corrected chi connectivity index (χ1v) is 5.55. The van der Waals surface area contributed by atoms with Gasteiger partial charge in [0.1, 0.15) is 0 Å². The molecule has 0 aromatic carbocycles. The van der Waals surface area contributed by atoms with E-state index >= 15 is 0 Å². The Morgan fingerprint density at radius 2 is 1.93 bits per heavy atom. The molecule has 3 atom stereocenters. The Balaban J connectivity index is 0. The topological polar surface area (TPSA) is 29.5 Å². The number of hydrogen-bond acceptors (Lipinski definition) is 3. The molecule has 0 aliphatic carbocycles. The molecule has 1 fully saturated rings. The van der Waals surface area contributed by atoms with Crippen LogP contribution in [0.2, 0.25) is 0 Å². The molecule has 1 unspecified atom stereocenters. The van der Waals surface area contributed by atoms with Crippen molar-refractivity contribution >= 4 is 19.8 Å². The van der Waals surface area contributed by atoms with Crippen LogP contribution in [0, 0.1) is 5.92 Å². The first kappa shape index (κ1) is 17.4. The Morgan fingerprint density at radius 3 is 2.07 bits per heavy atom. The minimum Gasteiger partial charge on any atom is -0.363 e. The van der Waals surface area contributed by atoms with Crippen molar-refractivity contribution in [3.63, 3.8) is 0 Å². The number of halogens is 2. The molecule has 14 heavy (non-hydrogen) atoms. The van der Waals surface area contributed by atoms with Gasteiger partial charge in [-0.1, -0.05) is 25.7 Å². The molecule has 0 radical (unpaired) electrons. The fraction of sp³-hybridized carbons (Fsp3) is 1.00. The van der Waals surface area contributed by atoms with Gasteiger partial charge in [-0.2, -0.15) is 0 Å². The van der Waals surface area contributed by atoms with E-state index in [0.717, 1.165) is 0 Å². The van der Waals surface area contributed by atoms with Gasteiger partial charge in [-0.15, -0.1) is 0 Å². The van der Waals surface area contributed by atoms with Gasteiger partial charge in [0.15, 0.2) is 0 Å². The standard InChI is InChI=1S/C7H12F2O2.HPS.Ti/c1-3-5-4(2)7(8,9)6(10)11-5;1-2;/h4-6,10H,3H2,1-2H3;1H;/t4-,5-,6?;;/m1../s1. The smallest absolute Gasteiger partial charge is 0.302 e. The summed E-state index contributed by atoms with van der Waals surface area (Å²) in [6.07, 6.45) is -1.92. The van der Waals surface area contributed by atoms with E-state index < -0.39 is 24.2 Å². The molecule has 82 valence electrons. The second kappa shape index (κ2) is 7.31. The summed E-state index contributed by atoms with van der Waals surface area (Å²) in [4.78, 5) is 0. The van der Waals surface area contributed by atoms with Crippen molar-refractivity contribution in [2.45, 2.75) is 38.6 Å². The van der Waals surface area contributed by atoms with Crippen molar-refractivity contribution in [1.29, 1.82) is 0 Å². The maximum Gasteiger partial charge on any atom is 0.302 e. The van der Waals surface area contributed by atoms with Crippen LogP contribution < -0.4 is 0 Å². The van der Waals surface area contributed by atoms with E-state index in [1.807, 2.05) is 0 Å². The zero-order valence-electron chi connectivity index (χ0n) is 7.96. The summed E-state index contributed by atoms with van der Waals surface area (Å²) in [6, 6.07) is 0. The molecule has 0 aromatic rings. The van der Waals surface area contributed by atoms with Gasteiger partial charge in [0, 0.05) is 21.7 Å². The number of aliphatic hydroxyl groups excluding tert-OH is 1. The van der Waals surface area contributed by atoms with E-state index in [9.17, 15) is 8.78 Å². The van der Waals surface area contributed by atoms with Gasteiger partial charge >= 0.3 is 5.92 Å². The summed E-state index contributed by atoms with van der Waals surface area (Å²) in [5.41, 5.74) is 0. The first-order valence-electron chi connectivity index (χ1n) is 3.92. The van der Waals surface area contributed by atoms with Crippen LogP contribution in [0.4, 0.5) is 8.78 Å². The van der Waals surface area contributed by atoms with E-state index in [4.69, 9.17) is 5.11 Å². The van der Waals surface area contributed by atoms with Crippen LogP contribution in [-0.2, 0) is 38.3 Å². The maximum absolute atomic E-state index is 12.8. The summed E-state index contributed by atoms with van der Waals surface area (Å²) in [5, 5.41) is 8.76. The Bertz CT molecular complexity index is 176. The van der Waals surface area contributed by atoms with E-state index in [2.05, 4.69) is 24.6 Å². The Hall–Kier alpha value is 1.01. The van der Waals surface area contributed by atoms with Crippen LogP contribution in [0.15, 0.2) is 0 Å². The van der Waals surface area contributed by atoms with Gasteiger partial charge in [-0.3, -0.25) is 0 Å². The summed E-state index contributed by atoms with van der Waals surface area (Å²) < 4.78 is 30.2. The third-order valence-corrected chi connectivity index (χ3v) is 2.20. The van der Waals surface area contributed by atoms with Crippen molar-refractivity contribution < 1.29 is 40.3 Å². The molecular formula is C7H13F2O2PSTi. The van der Waals surface area contributed by atoms with Gasteiger partial charge in [-0.05, 0) is 14.4 Å². The molecule has 0 saturated carbocycles. The third-order valence-electron chi connectivity index (χ3n) is 2.20. The summed E-state index contributed by atoms with van der Waals surface area (Å²) in [7, 11) is 2.56. The normalized spacial score (nSPS) is 33.9. The maximum atomic E-state index is 12.8. The molecule has 1 N–H and O–H groups in total. The molecule has 7 heteroatoms. The van der Waals surface area contributed by atoms with Gasteiger partial charge in [0.2, 0.25) is 6.29 Å². The minimum absolute atomic E-state index is 0.